The molecule has 2 heterocycles. The van der Waals surface area contributed by atoms with Crippen LogP contribution in [-0.2, 0) is 13.0 Å². The predicted molar refractivity (Wildman–Crippen MR) is 63.0 cm³/mol. The third-order valence-corrected chi connectivity index (χ3v) is 3.81. The molecule has 0 aliphatic carbocycles. The van der Waals surface area contributed by atoms with Crippen molar-refractivity contribution in [3.63, 3.8) is 0 Å². The highest BCUT2D eigenvalue weighted by molar-refractivity contribution is 7.99. The summed E-state index contributed by atoms with van der Waals surface area (Å²) in [6, 6.07) is 0. The monoisotopic (exact) mass is 226 g/mol. The first-order chi connectivity index (χ1) is 7.38. The van der Waals surface area contributed by atoms with Crippen LogP contribution >= 0.6 is 11.8 Å². The summed E-state index contributed by atoms with van der Waals surface area (Å²) in [4.78, 5) is 4.46. The molecule has 3 nitrogen and oxygen atoms in total. The lowest BCUT2D eigenvalue weighted by atomic mass is 9.99. The van der Waals surface area contributed by atoms with E-state index in [2.05, 4.69) is 22.1 Å². The Labute approximate surface area is 95.0 Å². The van der Waals surface area contributed by atoms with E-state index in [0.29, 0.717) is 0 Å². The average molecular weight is 226 g/mol. The number of hydrogen-bond donors (Lipinski definition) is 1. The molecule has 84 valence electrons. The van der Waals surface area contributed by atoms with Crippen LogP contribution in [0.2, 0.25) is 0 Å². The molecule has 2 rings (SSSR count). The molecular formula is C11H18N2OS. The van der Waals surface area contributed by atoms with E-state index in [-0.39, 0.29) is 0 Å². The molecule has 1 aromatic rings. The van der Waals surface area contributed by atoms with Gasteiger partial charge in [0.1, 0.15) is 6.26 Å². The number of oxazole rings is 1. The quantitative estimate of drug-likeness (QED) is 0.853. The molecule has 0 saturated carbocycles. The van der Waals surface area contributed by atoms with Crippen LogP contribution in [0, 0.1) is 5.92 Å². The van der Waals surface area contributed by atoms with Crippen LogP contribution in [0.15, 0.2) is 10.7 Å². The van der Waals surface area contributed by atoms with Gasteiger partial charge in [0.05, 0.1) is 5.69 Å². The fourth-order valence-corrected chi connectivity index (χ4v) is 3.11. The zero-order valence-electron chi connectivity index (χ0n) is 9.16. The molecule has 15 heavy (non-hydrogen) atoms. The third kappa shape index (κ3) is 3.24. The summed E-state index contributed by atoms with van der Waals surface area (Å²) in [7, 11) is 1.92. The minimum Gasteiger partial charge on any atom is -0.449 e. The lowest BCUT2D eigenvalue weighted by molar-refractivity contribution is 0.408. The van der Waals surface area contributed by atoms with Crippen molar-refractivity contribution < 1.29 is 4.42 Å². The Hall–Kier alpha value is -0.480. The van der Waals surface area contributed by atoms with Crippen molar-refractivity contribution >= 4 is 11.8 Å². The minimum atomic E-state index is 0.785. The lowest BCUT2D eigenvalue weighted by Crippen LogP contribution is -2.12. The van der Waals surface area contributed by atoms with Crippen LogP contribution in [0.4, 0.5) is 0 Å². The molecular weight excluding hydrogens is 208 g/mol. The molecule has 0 radical (unpaired) electrons. The highest BCUT2D eigenvalue weighted by atomic mass is 32.2. The largest absolute Gasteiger partial charge is 0.449 e. The fraction of sp³-hybridized carbons (Fsp3) is 0.727. The SMILES string of the molecule is CNCc1coc(CC2CCSCC2)n1. The van der Waals surface area contributed by atoms with Gasteiger partial charge in [-0.15, -0.1) is 0 Å². The normalized spacial score (nSPS) is 18.2. The number of rotatable bonds is 4. The third-order valence-electron chi connectivity index (χ3n) is 2.76. The average Bonchev–Trinajstić information content (AvgIpc) is 2.68. The van der Waals surface area contributed by atoms with Crippen molar-refractivity contribution in [1.29, 1.82) is 0 Å². The number of nitrogens with one attached hydrogen (secondary N) is 1. The van der Waals surface area contributed by atoms with Crippen LogP contribution in [0.1, 0.15) is 24.4 Å². The Morgan fingerprint density at radius 1 is 1.53 bits per heavy atom. The highest BCUT2D eigenvalue weighted by Gasteiger charge is 2.16. The van der Waals surface area contributed by atoms with E-state index < -0.39 is 0 Å². The Balaban J connectivity index is 1.86. The minimum absolute atomic E-state index is 0.785. The molecule has 0 unspecified atom stereocenters. The maximum atomic E-state index is 5.46. The van der Waals surface area contributed by atoms with E-state index in [1.807, 2.05) is 7.05 Å². The highest BCUT2D eigenvalue weighted by Crippen LogP contribution is 2.25. The first-order valence-electron chi connectivity index (χ1n) is 5.54. The van der Waals surface area contributed by atoms with Crippen molar-refractivity contribution in [1.82, 2.24) is 10.3 Å². The van der Waals surface area contributed by atoms with Gasteiger partial charge in [0.25, 0.3) is 0 Å². The molecule has 1 aliphatic rings. The topological polar surface area (TPSA) is 38.1 Å². The fourth-order valence-electron chi connectivity index (χ4n) is 1.90. The van der Waals surface area contributed by atoms with Crippen molar-refractivity contribution in [2.24, 2.45) is 5.92 Å². The summed E-state index contributed by atoms with van der Waals surface area (Å²) in [5.41, 5.74) is 1.01. The van der Waals surface area contributed by atoms with E-state index in [0.717, 1.165) is 30.5 Å². The van der Waals surface area contributed by atoms with Gasteiger partial charge >= 0.3 is 0 Å². The van der Waals surface area contributed by atoms with Crippen LogP contribution in [-0.4, -0.2) is 23.5 Å². The summed E-state index contributed by atoms with van der Waals surface area (Å²) in [6.45, 7) is 0.796. The zero-order chi connectivity index (χ0) is 10.5. The van der Waals surface area contributed by atoms with Crippen molar-refractivity contribution in [2.75, 3.05) is 18.6 Å². The molecule has 1 aromatic heterocycles. The van der Waals surface area contributed by atoms with Gasteiger partial charge in [-0.1, -0.05) is 0 Å². The van der Waals surface area contributed by atoms with Crippen LogP contribution in [0.3, 0.4) is 0 Å². The maximum Gasteiger partial charge on any atom is 0.194 e. The summed E-state index contributed by atoms with van der Waals surface area (Å²) in [5, 5.41) is 3.08. The first-order valence-corrected chi connectivity index (χ1v) is 6.69. The molecule has 1 N–H and O–H groups in total. The first kappa shape index (κ1) is 11.0. The summed E-state index contributed by atoms with van der Waals surface area (Å²) in [6.07, 6.45) is 5.41. The van der Waals surface area contributed by atoms with E-state index in [1.165, 1.54) is 24.3 Å². The summed E-state index contributed by atoms with van der Waals surface area (Å²) in [5.74, 6) is 4.30. The summed E-state index contributed by atoms with van der Waals surface area (Å²) < 4.78 is 5.46. The van der Waals surface area contributed by atoms with E-state index in [4.69, 9.17) is 4.42 Å². The van der Waals surface area contributed by atoms with Gasteiger partial charge in [-0.2, -0.15) is 11.8 Å². The van der Waals surface area contributed by atoms with Gasteiger partial charge < -0.3 is 9.73 Å². The molecule has 4 heteroatoms. The molecule has 1 fully saturated rings. The molecule has 0 bridgehead atoms. The second-order valence-corrected chi connectivity index (χ2v) is 5.25. The molecule has 0 atom stereocenters. The van der Waals surface area contributed by atoms with Crippen molar-refractivity contribution in [3.8, 4) is 0 Å². The molecule has 1 saturated heterocycles. The van der Waals surface area contributed by atoms with Crippen LogP contribution in [0.25, 0.3) is 0 Å². The van der Waals surface area contributed by atoms with Gasteiger partial charge in [0, 0.05) is 13.0 Å². The van der Waals surface area contributed by atoms with Crippen LogP contribution < -0.4 is 5.32 Å². The van der Waals surface area contributed by atoms with Gasteiger partial charge in [0.15, 0.2) is 5.89 Å². The number of aromatic nitrogens is 1. The smallest absolute Gasteiger partial charge is 0.194 e. The lowest BCUT2D eigenvalue weighted by Gasteiger charge is -2.19. The molecule has 0 amide bonds. The van der Waals surface area contributed by atoms with E-state index >= 15 is 0 Å². The zero-order valence-corrected chi connectivity index (χ0v) is 9.98. The Morgan fingerprint density at radius 2 is 2.33 bits per heavy atom. The van der Waals surface area contributed by atoms with Crippen LogP contribution in [0.5, 0.6) is 0 Å². The van der Waals surface area contributed by atoms with Gasteiger partial charge in [-0.3, -0.25) is 0 Å². The number of nitrogens with zero attached hydrogens (tertiary/aromatic N) is 1. The van der Waals surface area contributed by atoms with Gasteiger partial charge in [0.2, 0.25) is 0 Å². The Kier molecular flexibility index (Phi) is 4.09. The Morgan fingerprint density at radius 3 is 3.07 bits per heavy atom. The molecule has 0 spiro atoms. The summed E-state index contributed by atoms with van der Waals surface area (Å²) >= 11 is 2.06. The maximum absolute atomic E-state index is 5.46. The van der Waals surface area contributed by atoms with Gasteiger partial charge in [-0.25, -0.2) is 4.98 Å². The van der Waals surface area contributed by atoms with Crippen molar-refractivity contribution in [3.05, 3.63) is 17.8 Å². The van der Waals surface area contributed by atoms with Crippen molar-refractivity contribution in [2.45, 2.75) is 25.8 Å². The number of thioether (sulfide) groups is 1. The standard InChI is InChI=1S/C11H18N2OS/c1-12-7-10-8-14-11(13-10)6-9-2-4-15-5-3-9/h8-9,12H,2-7H2,1H3. The molecule has 1 aliphatic heterocycles. The molecule has 0 aromatic carbocycles. The predicted octanol–water partition coefficient (Wildman–Crippen LogP) is 2.08. The van der Waals surface area contributed by atoms with E-state index in [1.54, 1.807) is 6.26 Å². The number of hydrogen-bond acceptors (Lipinski definition) is 4. The van der Waals surface area contributed by atoms with Gasteiger partial charge in [-0.05, 0) is 37.3 Å². The second kappa shape index (κ2) is 5.56. The Bertz CT molecular complexity index is 295. The van der Waals surface area contributed by atoms with E-state index in [9.17, 15) is 0 Å². The second-order valence-electron chi connectivity index (χ2n) is 4.02.